The van der Waals surface area contributed by atoms with Crippen LogP contribution in [0.3, 0.4) is 0 Å². The fourth-order valence-electron chi connectivity index (χ4n) is 1.49. The molecular weight excluding hydrogens is 264 g/mol. The molecule has 0 saturated carbocycles. The third-order valence-corrected chi connectivity index (χ3v) is 3.30. The Kier molecular flexibility index (Phi) is 4.56. The van der Waals surface area contributed by atoms with E-state index in [0.29, 0.717) is 16.7 Å². The van der Waals surface area contributed by atoms with Gasteiger partial charge in [-0.3, -0.25) is 9.55 Å². The third-order valence-electron chi connectivity index (χ3n) is 2.40. The molecule has 0 spiro atoms. The Balaban J connectivity index is 2.16. The summed E-state index contributed by atoms with van der Waals surface area (Å²) in [4.78, 5) is 20.0. The van der Waals surface area contributed by atoms with Gasteiger partial charge in [0.2, 0.25) is 0 Å². The second-order valence-electron chi connectivity index (χ2n) is 3.83. The highest BCUT2D eigenvalue weighted by Crippen LogP contribution is 2.23. The minimum atomic E-state index is -0.210. The fraction of sp³-hybridized carbons (Fsp3) is 0.455. The molecule has 2 aromatic rings. The highest BCUT2D eigenvalue weighted by molar-refractivity contribution is 7.99. The Hall–Kier alpha value is -1.83. The molecule has 102 valence electrons. The first-order valence-corrected chi connectivity index (χ1v) is 6.95. The van der Waals surface area contributed by atoms with Crippen LogP contribution in [0.5, 0.6) is 0 Å². The molecule has 0 saturated heterocycles. The molecule has 2 aromatic heterocycles. The molecule has 2 rings (SSSR count). The summed E-state index contributed by atoms with van der Waals surface area (Å²) in [6, 6.07) is 0. The number of nitrogens with zero attached hydrogens (tertiary/aromatic N) is 4. The molecule has 0 bridgehead atoms. The Morgan fingerprint density at radius 3 is 3.00 bits per heavy atom. The van der Waals surface area contributed by atoms with E-state index in [-0.39, 0.29) is 5.69 Å². The van der Waals surface area contributed by atoms with Crippen LogP contribution in [0.2, 0.25) is 0 Å². The van der Waals surface area contributed by atoms with Gasteiger partial charge in [0.25, 0.3) is 0 Å². The van der Waals surface area contributed by atoms with Gasteiger partial charge in [0.15, 0.2) is 5.16 Å². The first-order chi connectivity index (χ1) is 9.24. The molecule has 8 heteroatoms. The predicted octanol–water partition coefficient (Wildman–Crippen LogP) is 1.35. The number of hydrogen-bond acceptors (Lipinski definition) is 6. The highest BCUT2D eigenvalue weighted by Gasteiger charge is 2.09. The van der Waals surface area contributed by atoms with Crippen LogP contribution in [0.15, 0.2) is 27.4 Å². The summed E-state index contributed by atoms with van der Waals surface area (Å²) in [6.07, 6.45) is 4.35. The Labute approximate surface area is 114 Å². The van der Waals surface area contributed by atoms with Crippen molar-refractivity contribution in [3.8, 4) is 0 Å². The summed E-state index contributed by atoms with van der Waals surface area (Å²) in [6.45, 7) is 5.40. The van der Waals surface area contributed by atoms with Gasteiger partial charge in [-0.2, -0.15) is 0 Å². The van der Waals surface area contributed by atoms with Crippen LogP contribution in [0.25, 0.3) is 0 Å². The maximum Gasteiger partial charge on any atom is 0.343 e. The quantitative estimate of drug-likeness (QED) is 0.830. The van der Waals surface area contributed by atoms with Crippen LogP contribution < -0.4 is 11.0 Å². The molecule has 2 N–H and O–H groups in total. The minimum absolute atomic E-state index is 0.210. The van der Waals surface area contributed by atoms with Crippen molar-refractivity contribution in [1.82, 2.24) is 24.7 Å². The zero-order chi connectivity index (χ0) is 13.7. The lowest BCUT2D eigenvalue weighted by molar-refractivity contribution is 0.660. The molecule has 7 nitrogen and oxygen atoms in total. The van der Waals surface area contributed by atoms with Gasteiger partial charge >= 0.3 is 5.69 Å². The highest BCUT2D eigenvalue weighted by atomic mass is 32.2. The Bertz CT molecular complexity index is 593. The van der Waals surface area contributed by atoms with Crippen molar-refractivity contribution in [3.05, 3.63) is 22.9 Å². The van der Waals surface area contributed by atoms with Crippen LogP contribution in [-0.4, -0.2) is 31.3 Å². The van der Waals surface area contributed by atoms with E-state index in [9.17, 15) is 4.79 Å². The molecule has 2 heterocycles. The fourth-order valence-corrected chi connectivity index (χ4v) is 2.35. The number of hydrogen-bond donors (Lipinski definition) is 2. The van der Waals surface area contributed by atoms with Crippen LogP contribution in [0, 0.1) is 0 Å². The van der Waals surface area contributed by atoms with Crippen LogP contribution in [-0.2, 0) is 6.54 Å². The van der Waals surface area contributed by atoms with E-state index in [1.807, 2.05) is 6.92 Å². The lowest BCUT2D eigenvalue weighted by atomic mass is 10.5. The normalized spacial score (nSPS) is 10.6. The van der Waals surface area contributed by atoms with Gasteiger partial charge in [0.05, 0.1) is 12.4 Å². The van der Waals surface area contributed by atoms with E-state index >= 15 is 0 Å². The maximum absolute atomic E-state index is 11.5. The van der Waals surface area contributed by atoms with Gasteiger partial charge < -0.3 is 5.32 Å². The number of rotatable bonds is 6. The predicted molar refractivity (Wildman–Crippen MR) is 73.5 cm³/mol. The lowest BCUT2D eigenvalue weighted by Gasteiger charge is -2.05. The summed E-state index contributed by atoms with van der Waals surface area (Å²) < 4.78 is 1.55. The minimum Gasteiger partial charge on any atom is -0.369 e. The summed E-state index contributed by atoms with van der Waals surface area (Å²) >= 11 is 1.31. The summed E-state index contributed by atoms with van der Waals surface area (Å²) in [5.74, 6) is 0.729. The van der Waals surface area contributed by atoms with Gasteiger partial charge in [-0.25, -0.2) is 14.9 Å². The SMILES string of the molecule is CCCNc1cncc(Sc2n[nH]c(=O)n2CC)n1. The lowest BCUT2D eigenvalue weighted by Crippen LogP contribution is -2.16. The Morgan fingerprint density at radius 2 is 2.26 bits per heavy atom. The second-order valence-corrected chi connectivity index (χ2v) is 4.81. The topological polar surface area (TPSA) is 88.5 Å². The van der Waals surface area contributed by atoms with E-state index in [2.05, 4.69) is 32.4 Å². The molecule has 0 radical (unpaired) electrons. The van der Waals surface area contributed by atoms with Crippen LogP contribution >= 0.6 is 11.8 Å². The monoisotopic (exact) mass is 280 g/mol. The number of aromatic nitrogens is 5. The first kappa shape index (κ1) is 13.6. The molecule has 19 heavy (non-hydrogen) atoms. The van der Waals surface area contributed by atoms with Gasteiger partial charge in [-0.15, -0.1) is 5.10 Å². The number of H-pyrrole nitrogens is 1. The number of nitrogens with one attached hydrogen (secondary N) is 2. The molecular formula is C11H16N6OS. The molecule has 0 aliphatic carbocycles. The molecule has 0 fully saturated rings. The van der Waals surface area contributed by atoms with E-state index < -0.39 is 0 Å². The van der Waals surface area contributed by atoms with Gasteiger partial charge in [0.1, 0.15) is 10.8 Å². The second kappa shape index (κ2) is 6.37. The number of aromatic amines is 1. The van der Waals surface area contributed by atoms with Crippen molar-refractivity contribution in [3.63, 3.8) is 0 Å². The van der Waals surface area contributed by atoms with Crippen molar-refractivity contribution in [2.75, 3.05) is 11.9 Å². The average molecular weight is 280 g/mol. The maximum atomic E-state index is 11.5. The molecule has 0 aromatic carbocycles. The van der Waals surface area contributed by atoms with E-state index in [1.165, 1.54) is 11.8 Å². The smallest absolute Gasteiger partial charge is 0.343 e. The summed E-state index contributed by atoms with van der Waals surface area (Å²) in [5.41, 5.74) is -0.210. The zero-order valence-corrected chi connectivity index (χ0v) is 11.7. The van der Waals surface area contributed by atoms with Crippen molar-refractivity contribution in [2.24, 2.45) is 0 Å². The largest absolute Gasteiger partial charge is 0.369 e. The standard InChI is InChI=1S/C11H16N6OS/c1-3-5-13-8-6-12-7-9(14-8)19-11-16-15-10(18)17(11)4-2/h6-7H,3-5H2,1-2H3,(H,13,14)(H,15,18). The molecule has 0 atom stereocenters. The van der Waals surface area contributed by atoms with Gasteiger partial charge in [-0.05, 0) is 25.1 Å². The first-order valence-electron chi connectivity index (χ1n) is 6.13. The van der Waals surface area contributed by atoms with E-state index in [4.69, 9.17) is 0 Å². The van der Waals surface area contributed by atoms with Gasteiger partial charge in [0, 0.05) is 13.1 Å². The van der Waals surface area contributed by atoms with Gasteiger partial charge in [-0.1, -0.05) is 6.92 Å². The number of anilines is 1. The molecule has 0 aliphatic heterocycles. The van der Waals surface area contributed by atoms with Crippen LogP contribution in [0.4, 0.5) is 5.82 Å². The van der Waals surface area contributed by atoms with Crippen LogP contribution in [0.1, 0.15) is 20.3 Å². The van der Waals surface area contributed by atoms with Crippen molar-refractivity contribution in [2.45, 2.75) is 37.0 Å². The third kappa shape index (κ3) is 3.34. The van der Waals surface area contributed by atoms with Crippen molar-refractivity contribution >= 4 is 17.6 Å². The average Bonchev–Trinajstić information content (AvgIpc) is 2.77. The molecule has 0 amide bonds. The summed E-state index contributed by atoms with van der Waals surface area (Å²) in [7, 11) is 0. The zero-order valence-electron chi connectivity index (χ0n) is 10.9. The summed E-state index contributed by atoms with van der Waals surface area (Å²) in [5, 5.41) is 10.9. The molecule has 0 unspecified atom stereocenters. The van der Waals surface area contributed by atoms with E-state index in [1.54, 1.807) is 17.0 Å². The van der Waals surface area contributed by atoms with Crippen molar-refractivity contribution in [1.29, 1.82) is 0 Å². The Morgan fingerprint density at radius 1 is 1.42 bits per heavy atom. The van der Waals surface area contributed by atoms with E-state index in [0.717, 1.165) is 18.8 Å². The van der Waals surface area contributed by atoms with Crippen molar-refractivity contribution < 1.29 is 0 Å². The molecule has 0 aliphatic rings.